The molecule has 0 aromatic heterocycles. The molecule has 0 unspecified atom stereocenters. The number of nitro benzene ring substituents is 1. The number of rotatable bonds is 3. The molecule has 136 valence electrons. The highest BCUT2D eigenvalue weighted by atomic mass is 35.5. The number of carbonyl (C=O) groups is 3. The first kappa shape index (κ1) is 18.3. The van der Waals surface area contributed by atoms with E-state index in [-0.39, 0.29) is 16.9 Å². The third-order valence-corrected chi connectivity index (χ3v) is 4.41. The van der Waals surface area contributed by atoms with Gasteiger partial charge in [-0.05, 0) is 48.4 Å². The Morgan fingerprint density at radius 1 is 1.11 bits per heavy atom. The Morgan fingerprint density at radius 2 is 1.78 bits per heavy atom. The summed E-state index contributed by atoms with van der Waals surface area (Å²) >= 11 is 6.06. The Hall–Kier alpha value is -3.52. The summed E-state index contributed by atoms with van der Waals surface area (Å²) in [6, 6.07) is 9.17. The van der Waals surface area contributed by atoms with Crippen molar-refractivity contribution < 1.29 is 19.3 Å². The Bertz CT molecular complexity index is 1010. The van der Waals surface area contributed by atoms with Crippen molar-refractivity contribution in [2.75, 3.05) is 4.90 Å². The maximum atomic E-state index is 12.8. The number of barbiturate groups is 1. The van der Waals surface area contributed by atoms with Crippen molar-refractivity contribution >= 4 is 46.9 Å². The molecule has 0 atom stereocenters. The third kappa shape index (κ3) is 3.42. The van der Waals surface area contributed by atoms with Crippen LogP contribution in [0.15, 0.2) is 48.0 Å². The summed E-state index contributed by atoms with van der Waals surface area (Å²) in [4.78, 5) is 48.2. The fourth-order valence-corrected chi connectivity index (χ4v) is 2.74. The van der Waals surface area contributed by atoms with Gasteiger partial charge in [0.05, 0.1) is 10.6 Å². The average molecular weight is 386 g/mol. The van der Waals surface area contributed by atoms with Crippen LogP contribution in [0.4, 0.5) is 16.2 Å². The second-order valence-corrected chi connectivity index (χ2v) is 6.10. The summed E-state index contributed by atoms with van der Waals surface area (Å²) in [5.41, 5.74) is 0.765. The monoisotopic (exact) mass is 385 g/mol. The van der Waals surface area contributed by atoms with Crippen molar-refractivity contribution in [1.29, 1.82) is 0 Å². The number of carbonyl (C=O) groups excluding carboxylic acids is 3. The molecule has 8 nitrogen and oxygen atoms in total. The topological polar surface area (TPSA) is 110 Å². The van der Waals surface area contributed by atoms with Crippen molar-refractivity contribution in [2.45, 2.75) is 6.92 Å². The highest BCUT2D eigenvalue weighted by molar-refractivity contribution is 6.39. The normalized spacial score (nSPS) is 15.9. The standard InChI is InChI=1S/C18H12ClN3O5/c1-10-14(19)3-2-4-15(10)21-17(24)13(16(23)20-18(21)25)9-11-5-7-12(8-6-11)22(26)27/h2-9H,1H3,(H,20,23,25)/b13-9+. The molecule has 1 N–H and O–H groups in total. The number of halogens is 1. The molecular formula is C18H12ClN3O5. The summed E-state index contributed by atoms with van der Waals surface area (Å²) in [5, 5.41) is 13.2. The number of imide groups is 2. The van der Waals surface area contributed by atoms with Crippen molar-refractivity contribution in [3.05, 3.63) is 74.3 Å². The smallest absolute Gasteiger partial charge is 0.273 e. The van der Waals surface area contributed by atoms with E-state index in [0.717, 1.165) is 4.90 Å². The lowest BCUT2D eigenvalue weighted by Gasteiger charge is -2.27. The molecule has 2 aromatic rings. The zero-order valence-electron chi connectivity index (χ0n) is 13.9. The molecule has 1 fully saturated rings. The number of benzene rings is 2. The van der Waals surface area contributed by atoms with E-state index in [9.17, 15) is 24.5 Å². The quantitative estimate of drug-likeness (QED) is 0.377. The van der Waals surface area contributed by atoms with Gasteiger partial charge in [0.15, 0.2) is 0 Å². The molecule has 1 heterocycles. The van der Waals surface area contributed by atoms with Gasteiger partial charge in [0.1, 0.15) is 5.57 Å². The maximum Gasteiger partial charge on any atom is 0.335 e. The van der Waals surface area contributed by atoms with Gasteiger partial charge < -0.3 is 0 Å². The minimum atomic E-state index is -0.879. The minimum Gasteiger partial charge on any atom is -0.273 e. The molecule has 0 spiro atoms. The van der Waals surface area contributed by atoms with Gasteiger partial charge in [-0.2, -0.15) is 0 Å². The van der Waals surface area contributed by atoms with E-state index < -0.39 is 22.8 Å². The predicted octanol–water partition coefficient (Wildman–Crippen LogP) is 3.22. The molecule has 4 amide bonds. The van der Waals surface area contributed by atoms with Crippen molar-refractivity contribution in [3.63, 3.8) is 0 Å². The summed E-state index contributed by atoms with van der Waals surface area (Å²) in [5.74, 6) is -1.66. The molecule has 27 heavy (non-hydrogen) atoms. The Balaban J connectivity index is 2.02. The number of urea groups is 1. The SMILES string of the molecule is Cc1c(Cl)cccc1N1C(=O)NC(=O)/C(=C\c2ccc([N+](=O)[O-])cc2)C1=O. The summed E-state index contributed by atoms with van der Waals surface area (Å²) < 4.78 is 0. The molecule has 0 radical (unpaired) electrons. The Morgan fingerprint density at radius 3 is 2.41 bits per heavy atom. The van der Waals surface area contributed by atoms with E-state index in [1.165, 1.54) is 36.4 Å². The number of nitrogens with zero attached hydrogens (tertiary/aromatic N) is 2. The summed E-state index contributed by atoms with van der Waals surface area (Å²) in [6.07, 6.45) is 1.26. The molecule has 0 saturated carbocycles. The van der Waals surface area contributed by atoms with Gasteiger partial charge >= 0.3 is 6.03 Å². The van der Waals surface area contributed by atoms with Gasteiger partial charge in [0.2, 0.25) is 0 Å². The lowest BCUT2D eigenvalue weighted by molar-refractivity contribution is -0.384. The van der Waals surface area contributed by atoms with Crippen molar-refractivity contribution in [1.82, 2.24) is 5.32 Å². The van der Waals surface area contributed by atoms with E-state index >= 15 is 0 Å². The van der Waals surface area contributed by atoms with Gasteiger partial charge in [-0.3, -0.25) is 25.0 Å². The van der Waals surface area contributed by atoms with Gasteiger partial charge in [-0.15, -0.1) is 0 Å². The zero-order chi connectivity index (χ0) is 19.7. The largest absolute Gasteiger partial charge is 0.335 e. The van der Waals surface area contributed by atoms with Crippen LogP contribution in [0, 0.1) is 17.0 Å². The molecule has 2 aromatic carbocycles. The first-order chi connectivity index (χ1) is 12.8. The third-order valence-electron chi connectivity index (χ3n) is 4.00. The molecule has 9 heteroatoms. The Kier molecular flexibility index (Phi) is 4.74. The highest BCUT2D eigenvalue weighted by Gasteiger charge is 2.37. The number of non-ortho nitro benzene ring substituents is 1. The number of hydrogen-bond acceptors (Lipinski definition) is 5. The number of amides is 4. The van der Waals surface area contributed by atoms with Gasteiger partial charge in [0.25, 0.3) is 17.5 Å². The Labute approximate surface area is 158 Å². The molecule has 3 rings (SSSR count). The molecule has 1 saturated heterocycles. The van der Waals surface area contributed by atoms with Crippen LogP contribution in [0.1, 0.15) is 11.1 Å². The van der Waals surface area contributed by atoms with Crippen LogP contribution < -0.4 is 10.2 Å². The molecular weight excluding hydrogens is 374 g/mol. The number of nitro groups is 1. The van der Waals surface area contributed by atoms with Crippen molar-refractivity contribution in [2.24, 2.45) is 0 Å². The second kappa shape index (κ2) is 7.00. The maximum absolute atomic E-state index is 12.8. The molecule has 0 bridgehead atoms. The van der Waals surface area contributed by atoms with E-state index in [1.807, 2.05) is 0 Å². The van der Waals surface area contributed by atoms with Crippen LogP contribution in [-0.2, 0) is 9.59 Å². The van der Waals surface area contributed by atoms with Crippen molar-refractivity contribution in [3.8, 4) is 0 Å². The minimum absolute atomic E-state index is 0.122. The molecule has 1 aliphatic rings. The van der Waals surface area contributed by atoms with E-state index in [2.05, 4.69) is 5.32 Å². The number of nitrogens with one attached hydrogen (secondary N) is 1. The first-order valence-corrected chi connectivity index (χ1v) is 8.08. The lowest BCUT2D eigenvalue weighted by atomic mass is 10.1. The van der Waals surface area contributed by atoms with E-state index in [4.69, 9.17) is 11.6 Å². The summed E-state index contributed by atoms with van der Waals surface area (Å²) in [7, 11) is 0. The van der Waals surface area contributed by atoms with Crippen LogP contribution in [0.3, 0.4) is 0 Å². The lowest BCUT2D eigenvalue weighted by Crippen LogP contribution is -2.54. The zero-order valence-corrected chi connectivity index (χ0v) is 14.7. The number of hydrogen-bond donors (Lipinski definition) is 1. The van der Waals surface area contributed by atoms with Gasteiger partial charge in [0, 0.05) is 17.2 Å². The average Bonchev–Trinajstić information content (AvgIpc) is 2.62. The van der Waals surface area contributed by atoms with Crippen LogP contribution in [0.25, 0.3) is 6.08 Å². The first-order valence-electron chi connectivity index (χ1n) is 7.70. The van der Waals surface area contributed by atoms with Crippen LogP contribution in [-0.4, -0.2) is 22.8 Å². The molecule has 0 aliphatic carbocycles. The second-order valence-electron chi connectivity index (χ2n) is 5.69. The van der Waals surface area contributed by atoms with Crippen LogP contribution in [0.5, 0.6) is 0 Å². The number of anilines is 1. The predicted molar refractivity (Wildman–Crippen MR) is 98.3 cm³/mol. The fraction of sp³-hybridized carbons (Fsp3) is 0.0556. The molecule has 1 aliphatic heterocycles. The van der Waals surface area contributed by atoms with E-state index in [0.29, 0.717) is 16.1 Å². The summed E-state index contributed by atoms with van der Waals surface area (Å²) in [6.45, 7) is 1.65. The van der Waals surface area contributed by atoms with Gasteiger partial charge in [-0.25, -0.2) is 9.69 Å². The fourth-order valence-electron chi connectivity index (χ4n) is 2.57. The van der Waals surface area contributed by atoms with Crippen LogP contribution >= 0.6 is 11.6 Å². The highest BCUT2D eigenvalue weighted by Crippen LogP contribution is 2.29. The van der Waals surface area contributed by atoms with Crippen LogP contribution in [0.2, 0.25) is 5.02 Å². The van der Waals surface area contributed by atoms with Gasteiger partial charge in [-0.1, -0.05) is 17.7 Å². The van der Waals surface area contributed by atoms with E-state index in [1.54, 1.807) is 19.1 Å².